The molecular formula is C18H29ClN4O. The number of benzene rings is 1. The fourth-order valence-corrected chi connectivity index (χ4v) is 3.47. The number of hydrogen-bond donors (Lipinski definition) is 2. The molecule has 0 aliphatic carbocycles. The molecule has 134 valence electrons. The van der Waals surface area contributed by atoms with Gasteiger partial charge in [-0.05, 0) is 37.1 Å². The molecule has 0 saturated carbocycles. The molecule has 1 atom stereocenters. The van der Waals surface area contributed by atoms with Crippen LogP contribution in [-0.2, 0) is 11.2 Å². The van der Waals surface area contributed by atoms with Crippen molar-refractivity contribution in [3.05, 3.63) is 29.8 Å². The van der Waals surface area contributed by atoms with Crippen molar-refractivity contribution in [3.8, 4) is 0 Å². The molecule has 6 heteroatoms. The van der Waals surface area contributed by atoms with E-state index in [1.807, 2.05) is 12.1 Å². The number of carbonyl (C=O) groups is 1. The highest BCUT2D eigenvalue weighted by atomic mass is 35.5. The van der Waals surface area contributed by atoms with Gasteiger partial charge in [0.15, 0.2) is 0 Å². The molecule has 3 rings (SSSR count). The van der Waals surface area contributed by atoms with E-state index < -0.39 is 0 Å². The van der Waals surface area contributed by atoms with Crippen LogP contribution in [0.15, 0.2) is 24.3 Å². The Balaban J connectivity index is 0.00000208. The molecule has 2 fully saturated rings. The monoisotopic (exact) mass is 352 g/mol. The Morgan fingerprint density at radius 3 is 2.50 bits per heavy atom. The first-order chi connectivity index (χ1) is 11.2. The van der Waals surface area contributed by atoms with Gasteiger partial charge in [0.1, 0.15) is 0 Å². The summed E-state index contributed by atoms with van der Waals surface area (Å²) in [7, 11) is 0. The Kier molecular flexibility index (Phi) is 7.49. The van der Waals surface area contributed by atoms with E-state index in [-0.39, 0.29) is 18.3 Å². The Labute approximate surface area is 151 Å². The molecule has 1 aromatic rings. The van der Waals surface area contributed by atoms with E-state index in [1.165, 1.54) is 12.0 Å². The minimum Gasteiger partial charge on any atom is -0.325 e. The molecule has 0 aromatic heterocycles. The van der Waals surface area contributed by atoms with E-state index in [1.54, 1.807) is 0 Å². The summed E-state index contributed by atoms with van der Waals surface area (Å²) in [6.07, 6.45) is 2.28. The van der Waals surface area contributed by atoms with Gasteiger partial charge < -0.3 is 10.6 Å². The molecule has 2 N–H and O–H groups in total. The Morgan fingerprint density at radius 1 is 1.21 bits per heavy atom. The summed E-state index contributed by atoms with van der Waals surface area (Å²) < 4.78 is 0. The summed E-state index contributed by atoms with van der Waals surface area (Å²) in [5.74, 6) is 0.0882. The molecule has 0 bridgehead atoms. The average molecular weight is 353 g/mol. The molecule has 0 spiro atoms. The number of piperazine rings is 1. The van der Waals surface area contributed by atoms with Crippen LogP contribution in [0, 0.1) is 0 Å². The Hall–Kier alpha value is -1.14. The Bertz CT molecular complexity index is 508. The summed E-state index contributed by atoms with van der Waals surface area (Å²) in [5, 5.41) is 6.43. The molecule has 2 heterocycles. The van der Waals surface area contributed by atoms with E-state index in [4.69, 9.17) is 0 Å². The van der Waals surface area contributed by atoms with Crippen molar-refractivity contribution in [2.75, 3.05) is 51.1 Å². The minimum atomic E-state index is 0. The van der Waals surface area contributed by atoms with Crippen LogP contribution in [0.25, 0.3) is 0 Å². The van der Waals surface area contributed by atoms with Crippen LogP contribution in [0.1, 0.15) is 18.9 Å². The molecule has 2 aliphatic heterocycles. The second-order valence-electron chi connectivity index (χ2n) is 6.56. The van der Waals surface area contributed by atoms with E-state index in [9.17, 15) is 4.79 Å². The molecule has 24 heavy (non-hydrogen) atoms. The molecule has 2 saturated heterocycles. The van der Waals surface area contributed by atoms with E-state index in [2.05, 4.69) is 39.5 Å². The van der Waals surface area contributed by atoms with Crippen molar-refractivity contribution in [2.45, 2.75) is 25.8 Å². The lowest BCUT2D eigenvalue weighted by molar-refractivity contribution is -0.117. The number of anilines is 1. The first kappa shape index (κ1) is 19.2. The lowest BCUT2D eigenvalue weighted by Crippen LogP contribution is -2.52. The first-order valence-electron chi connectivity index (χ1n) is 8.80. The van der Waals surface area contributed by atoms with Crippen molar-refractivity contribution in [1.29, 1.82) is 0 Å². The normalized spacial score (nSPS) is 22.1. The second-order valence-corrected chi connectivity index (χ2v) is 6.56. The van der Waals surface area contributed by atoms with Gasteiger partial charge in [0.25, 0.3) is 0 Å². The van der Waals surface area contributed by atoms with Crippen LogP contribution in [0.3, 0.4) is 0 Å². The maximum absolute atomic E-state index is 12.2. The predicted molar refractivity (Wildman–Crippen MR) is 101 cm³/mol. The lowest BCUT2D eigenvalue weighted by Gasteiger charge is -2.37. The Morgan fingerprint density at radius 2 is 1.92 bits per heavy atom. The molecule has 1 aromatic carbocycles. The maximum Gasteiger partial charge on any atom is 0.238 e. The fourth-order valence-electron chi connectivity index (χ4n) is 3.47. The van der Waals surface area contributed by atoms with Gasteiger partial charge in [-0.25, -0.2) is 0 Å². The van der Waals surface area contributed by atoms with Crippen LogP contribution < -0.4 is 10.6 Å². The highest BCUT2D eigenvalue weighted by molar-refractivity contribution is 5.92. The standard InChI is InChI=1S/C18H28N4O.ClH/c1-2-15-3-5-16(6-4-15)20-18(23)14-21-9-11-22(12-10-21)17-7-8-19-13-17;/h3-6,17,19H,2,7-14H2,1H3,(H,20,23);1H. The quantitative estimate of drug-likeness (QED) is 0.845. The third-order valence-electron chi connectivity index (χ3n) is 4.97. The average Bonchev–Trinajstić information content (AvgIpc) is 3.11. The van der Waals surface area contributed by atoms with Crippen LogP contribution in [0.5, 0.6) is 0 Å². The highest BCUT2D eigenvalue weighted by Crippen LogP contribution is 2.13. The first-order valence-corrected chi connectivity index (χ1v) is 8.80. The topological polar surface area (TPSA) is 47.6 Å². The van der Waals surface area contributed by atoms with Crippen molar-refractivity contribution >= 4 is 24.0 Å². The number of amides is 1. The van der Waals surface area contributed by atoms with Crippen molar-refractivity contribution in [1.82, 2.24) is 15.1 Å². The van der Waals surface area contributed by atoms with Crippen LogP contribution in [-0.4, -0.2) is 67.6 Å². The third kappa shape index (κ3) is 5.18. The van der Waals surface area contributed by atoms with Crippen LogP contribution in [0.4, 0.5) is 5.69 Å². The number of nitrogens with zero attached hydrogens (tertiary/aromatic N) is 2. The molecule has 0 radical (unpaired) electrons. The van der Waals surface area contributed by atoms with Gasteiger partial charge in [-0.15, -0.1) is 12.4 Å². The number of rotatable bonds is 5. The summed E-state index contributed by atoms with van der Waals surface area (Å²) in [5.41, 5.74) is 2.18. The number of nitrogens with one attached hydrogen (secondary N) is 2. The van der Waals surface area contributed by atoms with E-state index in [0.29, 0.717) is 12.6 Å². The van der Waals surface area contributed by atoms with Gasteiger partial charge >= 0.3 is 0 Å². The summed E-state index contributed by atoms with van der Waals surface area (Å²) in [6, 6.07) is 8.82. The van der Waals surface area contributed by atoms with Crippen molar-refractivity contribution in [3.63, 3.8) is 0 Å². The van der Waals surface area contributed by atoms with Crippen LogP contribution in [0.2, 0.25) is 0 Å². The molecule has 1 amide bonds. The largest absolute Gasteiger partial charge is 0.325 e. The maximum atomic E-state index is 12.2. The minimum absolute atomic E-state index is 0. The van der Waals surface area contributed by atoms with Gasteiger partial charge in [-0.3, -0.25) is 14.6 Å². The summed E-state index contributed by atoms with van der Waals surface area (Å²) in [4.78, 5) is 17.0. The zero-order chi connectivity index (χ0) is 16.1. The van der Waals surface area contributed by atoms with Gasteiger partial charge in [0.05, 0.1) is 6.54 Å². The highest BCUT2D eigenvalue weighted by Gasteiger charge is 2.26. The van der Waals surface area contributed by atoms with Gasteiger partial charge in [0, 0.05) is 44.5 Å². The molecule has 5 nitrogen and oxygen atoms in total. The molecular weight excluding hydrogens is 324 g/mol. The second kappa shape index (κ2) is 9.37. The molecule has 1 unspecified atom stereocenters. The number of aryl methyl sites for hydroxylation is 1. The van der Waals surface area contributed by atoms with E-state index >= 15 is 0 Å². The number of hydrogen-bond acceptors (Lipinski definition) is 4. The third-order valence-corrected chi connectivity index (χ3v) is 4.97. The molecule has 2 aliphatic rings. The fraction of sp³-hybridized carbons (Fsp3) is 0.611. The number of halogens is 1. The summed E-state index contributed by atoms with van der Waals surface area (Å²) in [6.45, 7) is 9.01. The van der Waals surface area contributed by atoms with Crippen molar-refractivity contribution in [2.24, 2.45) is 0 Å². The van der Waals surface area contributed by atoms with Gasteiger partial charge in [0.2, 0.25) is 5.91 Å². The van der Waals surface area contributed by atoms with Gasteiger partial charge in [-0.1, -0.05) is 19.1 Å². The zero-order valence-corrected chi connectivity index (χ0v) is 15.3. The van der Waals surface area contributed by atoms with E-state index in [0.717, 1.165) is 51.4 Å². The smallest absolute Gasteiger partial charge is 0.238 e. The van der Waals surface area contributed by atoms with Gasteiger partial charge in [-0.2, -0.15) is 0 Å². The van der Waals surface area contributed by atoms with Crippen molar-refractivity contribution < 1.29 is 4.79 Å². The predicted octanol–water partition coefficient (Wildman–Crippen LogP) is 1.59. The van der Waals surface area contributed by atoms with Crippen LogP contribution >= 0.6 is 12.4 Å². The SMILES string of the molecule is CCc1ccc(NC(=O)CN2CCN(C3CCNC3)CC2)cc1.Cl. The lowest BCUT2D eigenvalue weighted by atomic mass is 10.1. The zero-order valence-electron chi connectivity index (χ0n) is 14.5. The number of carbonyl (C=O) groups excluding carboxylic acids is 1. The summed E-state index contributed by atoms with van der Waals surface area (Å²) >= 11 is 0.